The van der Waals surface area contributed by atoms with Gasteiger partial charge in [0.15, 0.2) is 16.8 Å². The van der Waals surface area contributed by atoms with E-state index in [9.17, 15) is 0 Å². The normalized spacial score (nSPS) is 12.1. The molecule has 1 atom stereocenters. The van der Waals surface area contributed by atoms with Gasteiger partial charge in [-0.15, -0.1) is 15.3 Å². The average Bonchev–Trinajstić information content (AvgIpc) is 3.41. The smallest absolute Gasteiger partial charge is 0.192 e. The van der Waals surface area contributed by atoms with Gasteiger partial charge in [-0.05, 0) is 60.7 Å². The maximum atomic E-state index is 5.24. The molecule has 2 heterocycles. The summed E-state index contributed by atoms with van der Waals surface area (Å²) in [7, 11) is 1.66. The highest BCUT2D eigenvalue weighted by molar-refractivity contribution is 7.99. The van der Waals surface area contributed by atoms with Crippen molar-refractivity contribution >= 4 is 11.8 Å². The number of para-hydroxylation sites is 1. The molecule has 0 spiro atoms. The predicted molar refractivity (Wildman–Crippen MR) is 111 cm³/mol. The first-order valence-corrected chi connectivity index (χ1v) is 10.2. The topological polar surface area (TPSA) is 83.5 Å². The minimum absolute atomic E-state index is 0.0107. The van der Waals surface area contributed by atoms with Crippen LogP contribution in [-0.2, 0) is 6.54 Å². The zero-order chi connectivity index (χ0) is 20.2. The Labute approximate surface area is 172 Å². The molecule has 4 aromatic rings. The summed E-state index contributed by atoms with van der Waals surface area (Å²) in [6.45, 7) is 4.91. The Kier molecular flexibility index (Phi) is 5.57. The first kappa shape index (κ1) is 19.1. The van der Waals surface area contributed by atoms with Crippen LogP contribution in [0.2, 0.25) is 0 Å². The number of thioether (sulfide) groups is 1. The molecule has 9 heteroatoms. The van der Waals surface area contributed by atoms with Crippen LogP contribution in [0.5, 0.6) is 5.75 Å². The third kappa shape index (κ3) is 3.86. The molecule has 0 N–H and O–H groups in total. The number of hydrogen-bond acceptors (Lipinski definition) is 7. The maximum Gasteiger partial charge on any atom is 0.192 e. The number of hydrogen-bond donors (Lipinski definition) is 0. The lowest BCUT2D eigenvalue weighted by Crippen LogP contribution is -2.06. The SMILES string of the molecule is CCn1c(SC(C)c2nnnn2-c2ccccc2)nnc1-c1ccc(OC)cc1. The van der Waals surface area contributed by atoms with E-state index in [-0.39, 0.29) is 5.25 Å². The lowest BCUT2D eigenvalue weighted by Gasteiger charge is -2.12. The third-order valence-corrected chi connectivity index (χ3v) is 5.60. The molecular formula is C20H21N7OS. The van der Waals surface area contributed by atoms with Crippen molar-refractivity contribution in [3.63, 3.8) is 0 Å². The average molecular weight is 408 g/mol. The first-order valence-electron chi connectivity index (χ1n) is 9.29. The van der Waals surface area contributed by atoms with Gasteiger partial charge in [0.1, 0.15) is 5.75 Å². The Morgan fingerprint density at radius 1 is 1.00 bits per heavy atom. The Hall–Kier alpha value is -3.20. The van der Waals surface area contributed by atoms with E-state index in [2.05, 4.69) is 44.1 Å². The highest BCUT2D eigenvalue weighted by atomic mass is 32.2. The lowest BCUT2D eigenvalue weighted by molar-refractivity contribution is 0.415. The van der Waals surface area contributed by atoms with Crippen LogP contribution in [0.25, 0.3) is 17.1 Å². The van der Waals surface area contributed by atoms with Crippen molar-refractivity contribution in [2.45, 2.75) is 30.8 Å². The van der Waals surface area contributed by atoms with E-state index >= 15 is 0 Å². The second-order valence-electron chi connectivity index (χ2n) is 6.32. The summed E-state index contributed by atoms with van der Waals surface area (Å²) in [5, 5.41) is 21.9. The number of benzene rings is 2. The number of aromatic nitrogens is 7. The minimum Gasteiger partial charge on any atom is -0.497 e. The monoisotopic (exact) mass is 407 g/mol. The molecule has 2 aromatic carbocycles. The van der Waals surface area contributed by atoms with E-state index in [1.54, 1.807) is 23.6 Å². The first-order chi connectivity index (χ1) is 14.2. The molecule has 1 unspecified atom stereocenters. The van der Waals surface area contributed by atoms with Crippen molar-refractivity contribution in [1.29, 1.82) is 0 Å². The van der Waals surface area contributed by atoms with Gasteiger partial charge in [0.25, 0.3) is 0 Å². The van der Waals surface area contributed by atoms with Crippen LogP contribution in [0.4, 0.5) is 0 Å². The van der Waals surface area contributed by atoms with Gasteiger partial charge in [-0.2, -0.15) is 4.68 Å². The van der Waals surface area contributed by atoms with Crippen molar-refractivity contribution in [2.24, 2.45) is 0 Å². The summed E-state index contributed by atoms with van der Waals surface area (Å²) in [5.74, 6) is 2.40. The molecule has 0 saturated carbocycles. The van der Waals surface area contributed by atoms with Crippen LogP contribution in [0, 0.1) is 0 Å². The fourth-order valence-electron chi connectivity index (χ4n) is 3.03. The maximum absolute atomic E-state index is 5.24. The largest absolute Gasteiger partial charge is 0.497 e. The summed E-state index contributed by atoms with van der Waals surface area (Å²) in [6.07, 6.45) is 0. The van der Waals surface area contributed by atoms with Crippen molar-refractivity contribution in [1.82, 2.24) is 35.0 Å². The molecule has 148 valence electrons. The van der Waals surface area contributed by atoms with E-state index < -0.39 is 0 Å². The number of ether oxygens (including phenoxy) is 1. The molecule has 0 bridgehead atoms. The Morgan fingerprint density at radius 2 is 1.76 bits per heavy atom. The predicted octanol–water partition coefficient (Wildman–Crippen LogP) is 3.80. The van der Waals surface area contributed by atoms with E-state index in [1.165, 1.54) is 0 Å². The summed E-state index contributed by atoms with van der Waals surface area (Å²) < 4.78 is 9.10. The van der Waals surface area contributed by atoms with Gasteiger partial charge in [-0.25, -0.2) is 0 Å². The van der Waals surface area contributed by atoms with Crippen LogP contribution < -0.4 is 4.74 Å². The van der Waals surface area contributed by atoms with Gasteiger partial charge in [0.2, 0.25) is 0 Å². The molecule has 0 aliphatic carbocycles. The zero-order valence-corrected chi connectivity index (χ0v) is 17.2. The van der Waals surface area contributed by atoms with Crippen molar-refractivity contribution in [2.75, 3.05) is 7.11 Å². The zero-order valence-electron chi connectivity index (χ0n) is 16.4. The van der Waals surface area contributed by atoms with Gasteiger partial charge < -0.3 is 9.30 Å². The van der Waals surface area contributed by atoms with Gasteiger partial charge >= 0.3 is 0 Å². The Bertz CT molecular complexity index is 1080. The minimum atomic E-state index is -0.0107. The molecular weight excluding hydrogens is 386 g/mol. The molecule has 2 aromatic heterocycles. The number of methoxy groups -OCH3 is 1. The second-order valence-corrected chi connectivity index (χ2v) is 7.63. The molecule has 0 aliphatic heterocycles. The molecule has 29 heavy (non-hydrogen) atoms. The molecule has 4 rings (SSSR count). The fourth-order valence-corrected chi connectivity index (χ4v) is 4.03. The highest BCUT2D eigenvalue weighted by Gasteiger charge is 2.21. The van der Waals surface area contributed by atoms with Crippen LogP contribution in [-0.4, -0.2) is 42.1 Å². The Balaban J connectivity index is 1.60. The van der Waals surface area contributed by atoms with Crippen molar-refractivity contribution < 1.29 is 4.74 Å². The molecule has 0 saturated heterocycles. The number of tetrazole rings is 1. The van der Waals surface area contributed by atoms with Crippen molar-refractivity contribution in [3.8, 4) is 22.8 Å². The van der Waals surface area contributed by atoms with E-state index in [4.69, 9.17) is 4.74 Å². The summed E-state index contributed by atoms with van der Waals surface area (Å²) in [5.41, 5.74) is 1.92. The molecule has 0 radical (unpaired) electrons. The van der Waals surface area contributed by atoms with Gasteiger partial charge in [0, 0.05) is 12.1 Å². The van der Waals surface area contributed by atoms with Crippen molar-refractivity contribution in [3.05, 3.63) is 60.4 Å². The van der Waals surface area contributed by atoms with Gasteiger partial charge in [0.05, 0.1) is 18.0 Å². The molecule has 0 amide bonds. The van der Waals surface area contributed by atoms with Crippen LogP contribution in [0.3, 0.4) is 0 Å². The molecule has 0 aliphatic rings. The number of nitrogens with zero attached hydrogens (tertiary/aromatic N) is 7. The molecule has 8 nitrogen and oxygen atoms in total. The van der Waals surface area contributed by atoms with E-state index in [0.29, 0.717) is 0 Å². The Morgan fingerprint density at radius 3 is 2.45 bits per heavy atom. The van der Waals surface area contributed by atoms with Gasteiger partial charge in [-0.3, -0.25) is 0 Å². The number of rotatable bonds is 7. The quantitative estimate of drug-likeness (QED) is 0.431. The summed E-state index contributed by atoms with van der Waals surface area (Å²) in [6, 6.07) is 17.7. The third-order valence-electron chi connectivity index (χ3n) is 4.52. The van der Waals surface area contributed by atoms with E-state index in [1.807, 2.05) is 54.6 Å². The standard InChI is InChI=1S/C20H21N7OS/c1-4-26-19(15-10-12-17(28-3)13-11-15)21-23-20(26)29-14(2)18-22-24-25-27(18)16-8-6-5-7-9-16/h5-14H,4H2,1-3H3. The van der Waals surface area contributed by atoms with Gasteiger partial charge in [-0.1, -0.05) is 30.0 Å². The van der Waals surface area contributed by atoms with Crippen LogP contribution in [0.1, 0.15) is 24.9 Å². The fraction of sp³-hybridized carbons (Fsp3) is 0.250. The van der Waals surface area contributed by atoms with Crippen LogP contribution >= 0.6 is 11.8 Å². The van der Waals surface area contributed by atoms with Crippen LogP contribution in [0.15, 0.2) is 59.8 Å². The summed E-state index contributed by atoms with van der Waals surface area (Å²) in [4.78, 5) is 0. The lowest BCUT2D eigenvalue weighted by atomic mass is 10.2. The molecule has 0 fully saturated rings. The van der Waals surface area contributed by atoms with E-state index in [0.717, 1.165) is 40.4 Å². The second kappa shape index (κ2) is 8.44. The highest BCUT2D eigenvalue weighted by Crippen LogP contribution is 2.35. The summed E-state index contributed by atoms with van der Waals surface area (Å²) >= 11 is 1.59.